The number of nitrogens with two attached hydrogens (primary N) is 1. The molecule has 1 aliphatic rings. The minimum atomic E-state index is -0.863. The number of benzene rings is 1. The molecule has 0 radical (unpaired) electrons. The van der Waals surface area contributed by atoms with Gasteiger partial charge in [-0.05, 0) is 36.8 Å². The Morgan fingerprint density at radius 1 is 1.25 bits per heavy atom. The van der Waals surface area contributed by atoms with Crippen LogP contribution >= 0.6 is 11.3 Å². The van der Waals surface area contributed by atoms with E-state index in [-0.39, 0.29) is 16.1 Å². The molecule has 1 atom stereocenters. The molecule has 0 aliphatic heterocycles. The second kappa shape index (κ2) is 7.35. The van der Waals surface area contributed by atoms with Crippen molar-refractivity contribution in [3.05, 3.63) is 60.0 Å². The Bertz CT molecular complexity index is 1020. The van der Waals surface area contributed by atoms with Crippen LogP contribution in [0.5, 0.6) is 0 Å². The lowest BCUT2D eigenvalue weighted by molar-refractivity contribution is -0.394. The molecule has 1 aliphatic carbocycles. The zero-order valence-corrected chi connectivity index (χ0v) is 15.6. The summed E-state index contributed by atoms with van der Waals surface area (Å²) < 4.78 is 0. The number of nitro benzene ring substituents is 2. The molecule has 3 rings (SSSR count). The van der Waals surface area contributed by atoms with E-state index in [1.165, 1.54) is 11.3 Å². The van der Waals surface area contributed by atoms with Crippen molar-refractivity contribution in [2.24, 2.45) is 11.7 Å². The number of non-ortho nitro benzene ring substituents is 1. The average Bonchev–Trinajstić information content (AvgIpc) is 2.97. The minimum Gasteiger partial charge on any atom is -0.365 e. The maximum absolute atomic E-state index is 12.6. The number of carbonyl (C=O) groups is 2. The van der Waals surface area contributed by atoms with Crippen LogP contribution in [0.2, 0.25) is 0 Å². The Kier molecular flexibility index (Phi) is 5.10. The molecule has 2 amide bonds. The monoisotopic (exact) mass is 404 g/mol. The van der Waals surface area contributed by atoms with Gasteiger partial charge in [0.2, 0.25) is 0 Å². The van der Waals surface area contributed by atoms with Crippen LogP contribution < -0.4 is 11.1 Å². The number of anilines is 1. The first-order valence-corrected chi connectivity index (χ1v) is 9.19. The number of carbonyl (C=O) groups excluding carboxylic acids is 2. The largest absolute Gasteiger partial charge is 0.365 e. The highest BCUT2D eigenvalue weighted by molar-refractivity contribution is 7.17. The van der Waals surface area contributed by atoms with Gasteiger partial charge >= 0.3 is 0 Å². The van der Waals surface area contributed by atoms with Crippen LogP contribution in [0.4, 0.5) is 16.4 Å². The number of hydrogen-bond acceptors (Lipinski definition) is 7. The summed E-state index contributed by atoms with van der Waals surface area (Å²) in [6.07, 6.45) is 2.32. The summed E-state index contributed by atoms with van der Waals surface area (Å²) in [6, 6.07) is 2.76. The first-order chi connectivity index (χ1) is 13.2. The molecule has 0 spiro atoms. The highest BCUT2D eigenvalue weighted by Gasteiger charge is 2.29. The van der Waals surface area contributed by atoms with Crippen molar-refractivity contribution in [2.75, 3.05) is 5.32 Å². The van der Waals surface area contributed by atoms with E-state index < -0.39 is 33.0 Å². The Hall–Kier alpha value is -3.34. The lowest BCUT2D eigenvalue weighted by Crippen LogP contribution is -2.20. The quantitative estimate of drug-likeness (QED) is 0.575. The minimum absolute atomic E-state index is 0.227. The van der Waals surface area contributed by atoms with E-state index >= 15 is 0 Å². The zero-order valence-electron chi connectivity index (χ0n) is 14.8. The van der Waals surface area contributed by atoms with Crippen LogP contribution in [0.15, 0.2) is 18.2 Å². The smallest absolute Gasteiger partial charge is 0.289 e. The number of nitro groups is 2. The Morgan fingerprint density at radius 2 is 1.96 bits per heavy atom. The highest BCUT2D eigenvalue weighted by Crippen LogP contribution is 2.40. The number of nitrogens with zero attached hydrogens (tertiary/aromatic N) is 2. The molecule has 28 heavy (non-hydrogen) atoms. The molecule has 1 aromatic heterocycles. The van der Waals surface area contributed by atoms with Crippen molar-refractivity contribution in [2.45, 2.75) is 26.2 Å². The fourth-order valence-electron chi connectivity index (χ4n) is 3.25. The van der Waals surface area contributed by atoms with Crippen molar-refractivity contribution in [3.8, 4) is 0 Å². The third-order valence-corrected chi connectivity index (χ3v) is 5.79. The molecule has 3 N–H and O–H groups in total. The van der Waals surface area contributed by atoms with E-state index in [0.717, 1.165) is 41.5 Å². The number of amides is 2. The standard InChI is InChI=1S/C17H16N4O6S/c1-8-2-4-11-13(6-8)28-17(14(11)15(18)22)19-16(23)10-5-3-9(20(24)25)7-12(10)21(26)27/h3,5,7-8H,2,4,6H2,1H3,(H2,18,22)(H,19,23). The maximum atomic E-state index is 12.6. The van der Waals surface area contributed by atoms with Gasteiger partial charge < -0.3 is 11.1 Å². The second-order valence-corrected chi connectivity index (χ2v) is 7.70. The lowest BCUT2D eigenvalue weighted by Gasteiger charge is -2.18. The molecule has 0 saturated heterocycles. The average molecular weight is 404 g/mol. The fraction of sp³-hybridized carbons (Fsp3) is 0.294. The van der Waals surface area contributed by atoms with E-state index in [9.17, 15) is 29.8 Å². The van der Waals surface area contributed by atoms with Crippen molar-refractivity contribution >= 4 is 39.5 Å². The summed E-state index contributed by atoms with van der Waals surface area (Å²) in [5.41, 5.74) is 5.00. The second-order valence-electron chi connectivity index (χ2n) is 6.59. The molecule has 1 aromatic carbocycles. The summed E-state index contributed by atoms with van der Waals surface area (Å²) in [5.74, 6) is -1.08. The van der Waals surface area contributed by atoms with E-state index in [1.807, 2.05) is 0 Å². The normalized spacial score (nSPS) is 15.5. The summed E-state index contributed by atoms with van der Waals surface area (Å²) in [5, 5.41) is 24.9. The van der Waals surface area contributed by atoms with E-state index in [4.69, 9.17) is 5.73 Å². The predicted molar refractivity (Wildman–Crippen MR) is 102 cm³/mol. The summed E-state index contributed by atoms with van der Waals surface area (Å²) in [7, 11) is 0. The Balaban J connectivity index is 1.99. The third-order valence-electron chi connectivity index (χ3n) is 4.62. The molecular weight excluding hydrogens is 388 g/mol. The molecule has 0 saturated carbocycles. The van der Waals surface area contributed by atoms with Crippen molar-refractivity contribution in [1.82, 2.24) is 0 Å². The zero-order chi connectivity index (χ0) is 20.6. The summed E-state index contributed by atoms with van der Waals surface area (Å²) in [4.78, 5) is 46.0. The maximum Gasteiger partial charge on any atom is 0.289 e. The first kappa shape index (κ1) is 19.4. The van der Waals surface area contributed by atoms with Crippen LogP contribution in [0, 0.1) is 26.1 Å². The third kappa shape index (κ3) is 3.56. The van der Waals surface area contributed by atoms with Crippen molar-refractivity contribution in [1.29, 1.82) is 0 Å². The Morgan fingerprint density at radius 3 is 2.57 bits per heavy atom. The van der Waals surface area contributed by atoms with Gasteiger partial charge in [0.1, 0.15) is 10.6 Å². The molecule has 11 heteroatoms. The van der Waals surface area contributed by atoms with Gasteiger partial charge in [0.05, 0.1) is 21.5 Å². The number of rotatable bonds is 5. The summed E-state index contributed by atoms with van der Waals surface area (Å²) in [6.45, 7) is 2.09. The molecule has 2 aromatic rings. The SMILES string of the molecule is CC1CCc2c(sc(NC(=O)c3ccc([N+](=O)[O-])cc3[N+](=O)[O-])c2C(N)=O)C1. The number of primary amides is 1. The van der Waals surface area contributed by atoms with Gasteiger partial charge in [0.15, 0.2) is 0 Å². The van der Waals surface area contributed by atoms with Gasteiger partial charge in [-0.2, -0.15) is 0 Å². The van der Waals surface area contributed by atoms with E-state index in [0.29, 0.717) is 12.3 Å². The molecule has 10 nitrogen and oxygen atoms in total. The number of hydrogen-bond donors (Lipinski definition) is 2. The number of thiophene rings is 1. The lowest BCUT2D eigenvalue weighted by atomic mass is 9.88. The van der Waals surface area contributed by atoms with Gasteiger partial charge in [0, 0.05) is 10.9 Å². The van der Waals surface area contributed by atoms with Gasteiger partial charge in [-0.15, -0.1) is 11.3 Å². The van der Waals surface area contributed by atoms with Gasteiger partial charge in [-0.3, -0.25) is 29.8 Å². The van der Waals surface area contributed by atoms with Crippen LogP contribution in [0.3, 0.4) is 0 Å². The number of nitrogens with one attached hydrogen (secondary N) is 1. The molecule has 146 valence electrons. The van der Waals surface area contributed by atoms with Crippen molar-refractivity contribution in [3.63, 3.8) is 0 Å². The van der Waals surface area contributed by atoms with Crippen LogP contribution in [-0.2, 0) is 12.8 Å². The van der Waals surface area contributed by atoms with Gasteiger partial charge in [-0.1, -0.05) is 6.92 Å². The molecule has 1 unspecified atom stereocenters. The number of fused-ring (bicyclic) bond motifs is 1. The van der Waals surface area contributed by atoms with Crippen LogP contribution in [-0.4, -0.2) is 21.7 Å². The van der Waals surface area contributed by atoms with Crippen molar-refractivity contribution < 1.29 is 19.4 Å². The summed E-state index contributed by atoms with van der Waals surface area (Å²) >= 11 is 1.23. The highest BCUT2D eigenvalue weighted by atomic mass is 32.1. The van der Waals surface area contributed by atoms with E-state index in [1.54, 1.807) is 0 Å². The Labute approximate surface area is 162 Å². The van der Waals surface area contributed by atoms with Gasteiger partial charge in [-0.25, -0.2) is 0 Å². The predicted octanol–water partition coefficient (Wildman–Crippen LogP) is 3.04. The molecular formula is C17H16N4O6S. The van der Waals surface area contributed by atoms with Crippen LogP contribution in [0.25, 0.3) is 0 Å². The van der Waals surface area contributed by atoms with E-state index in [2.05, 4.69) is 12.2 Å². The van der Waals surface area contributed by atoms with Gasteiger partial charge in [0.25, 0.3) is 23.2 Å². The molecule has 1 heterocycles. The molecule has 0 fully saturated rings. The molecule has 0 bridgehead atoms. The first-order valence-electron chi connectivity index (χ1n) is 8.37. The topological polar surface area (TPSA) is 158 Å². The fourth-order valence-corrected chi connectivity index (χ4v) is 4.66. The van der Waals surface area contributed by atoms with Crippen LogP contribution in [0.1, 0.15) is 44.5 Å².